The largest absolute Gasteiger partial charge is 0.378 e. The van der Waals surface area contributed by atoms with Crippen molar-refractivity contribution >= 4 is 6.03 Å². The lowest BCUT2D eigenvalue weighted by atomic mass is 10.1. The number of ether oxygens (including phenoxy) is 1. The molecule has 1 aliphatic rings. The Hall–Kier alpha value is -1.69. The Morgan fingerprint density at radius 2 is 2.00 bits per heavy atom. The highest BCUT2D eigenvalue weighted by Crippen LogP contribution is 2.16. The van der Waals surface area contributed by atoms with E-state index in [-0.39, 0.29) is 12.1 Å². The zero-order chi connectivity index (χ0) is 13.8. The molecule has 0 saturated carbocycles. The number of carbonyl (C=O) groups is 1. The molecule has 1 aliphatic heterocycles. The Labute approximate surface area is 110 Å². The van der Waals surface area contributed by atoms with E-state index < -0.39 is 11.6 Å². The van der Waals surface area contributed by atoms with Gasteiger partial charge in [-0.15, -0.1) is 0 Å². The average molecular weight is 270 g/mol. The van der Waals surface area contributed by atoms with Crippen LogP contribution >= 0.6 is 0 Å². The number of morpholine rings is 1. The molecule has 1 heterocycles. The lowest BCUT2D eigenvalue weighted by molar-refractivity contribution is 0.0526. The summed E-state index contributed by atoms with van der Waals surface area (Å²) >= 11 is 0. The van der Waals surface area contributed by atoms with Crippen molar-refractivity contribution in [2.75, 3.05) is 26.3 Å². The molecule has 6 heteroatoms. The molecule has 1 fully saturated rings. The van der Waals surface area contributed by atoms with Crippen LogP contribution in [0.2, 0.25) is 0 Å². The third-order valence-electron chi connectivity index (χ3n) is 3.08. The summed E-state index contributed by atoms with van der Waals surface area (Å²) in [5.74, 6) is -1.81. The molecule has 1 saturated heterocycles. The van der Waals surface area contributed by atoms with Crippen LogP contribution < -0.4 is 5.32 Å². The van der Waals surface area contributed by atoms with Gasteiger partial charge >= 0.3 is 6.03 Å². The number of benzene rings is 1. The summed E-state index contributed by atoms with van der Waals surface area (Å²) in [4.78, 5) is 13.6. The molecule has 0 bridgehead atoms. The number of hydrogen-bond donors (Lipinski definition) is 1. The number of urea groups is 1. The fraction of sp³-hybridized carbons (Fsp3) is 0.462. The molecule has 1 unspecified atom stereocenters. The van der Waals surface area contributed by atoms with E-state index in [9.17, 15) is 13.6 Å². The molecular weight excluding hydrogens is 254 g/mol. The first kappa shape index (κ1) is 13.7. The maximum absolute atomic E-state index is 13.1. The molecule has 1 aromatic carbocycles. The van der Waals surface area contributed by atoms with Crippen molar-refractivity contribution in [3.8, 4) is 0 Å². The highest BCUT2D eigenvalue weighted by Gasteiger charge is 2.19. The minimum Gasteiger partial charge on any atom is -0.378 e. The molecule has 0 spiro atoms. The number of hydrogen-bond acceptors (Lipinski definition) is 2. The normalized spacial score (nSPS) is 17.1. The van der Waals surface area contributed by atoms with Crippen LogP contribution in [-0.4, -0.2) is 37.2 Å². The van der Waals surface area contributed by atoms with Crippen molar-refractivity contribution in [1.29, 1.82) is 0 Å². The summed E-state index contributed by atoms with van der Waals surface area (Å²) < 4.78 is 31.1. The molecule has 1 N–H and O–H groups in total. The van der Waals surface area contributed by atoms with Crippen molar-refractivity contribution in [2.24, 2.45) is 0 Å². The predicted molar refractivity (Wildman–Crippen MR) is 65.7 cm³/mol. The van der Waals surface area contributed by atoms with E-state index in [0.29, 0.717) is 31.9 Å². The van der Waals surface area contributed by atoms with Gasteiger partial charge in [0, 0.05) is 13.1 Å². The maximum atomic E-state index is 13.1. The van der Waals surface area contributed by atoms with E-state index in [1.54, 1.807) is 11.8 Å². The molecule has 0 aliphatic carbocycles. The van der Waals surface area contributed by atoms with Crippen molar-refractivity contribution < 1.29 is 18.3 Å². The molecular formula is C13H16F2N2O2. The van der Waals surface area contributed by atoms with Crippen LogP contribution in [0.5, 0.6) is 0 Å². The van der Waals surface area contributed by atoms with Crippen LogP contribution in [0, 0.1) is 11.6 Å². The summed E-state index contributed by atoms with van der Waals surface area (Å²) in [6.07, 6.45) is 0. The molecule has 1 atom stereocenters. The highest BCUT2D eigenvalue weighted by atomic mass is 19.2. The first-order valence-electron chi connectivity index (χ1n) is 6.16. The zero-order valence-corrected chi connectivity index (χ0v) is 10.7. The van der Waals surface area contributed by atoms with E-state index in [1.807, 2.05) is 0 Å². The second-order valence-electron chi connectivity index (χ2n) is 4.44. The van der Waals surface area contributed by atoms with Gasteiger partial charge in [-0.2, -0.15) is 0 Å². The van der Waals surface area contributed by atoms with Crippen LogP contribution in [0.1, 0.15) is 18.5 Å². The van der Waals surface area contributed by atoms with Crippen molar-refractivity contribution in [3.05, 3.63) is 35.4 Å². The van der Waals surface area contributed by atoms with Crippen molar-refractivity contribution in [3.63, 3.8) is 0 Å². The number of amides is 2. The third kappa shape index (κ3) is 3.41. The minimum atomic E-state index is -0.912. The van der Waals surface area contributed by atoms with Gasteiger partial charge in [-0.05, 0) is 24.6 Å². The summed E-state index contributed by atoms with van der Waals surface area (Å²) in [6.45, 7) is 3.84. The third-order valence-corrected chi connectivity index (χ3v) is 3.08. The Bertz CT molecular complexity index is 462. The number of halogens is 2. The quantitative estimate of drug-likeness (QED) is 0.893. The molecule has 4 nitrogen and oxygen atoms in total. The van der Waals surface area contributed by atoms with Crippen molar-refractivity contribution in [1.82, 2.24) is 10.2 Å². The van der Waals surface area contributed by atoms with Gasteiger partial charge in [0.25, 0.3) is 0 Å². The lowest BCUT2D eigenvalue weighted by Crippen LogP contribution is -2.46. The van der Waals surface area contributed by atoms with Crippen LogP contribution in [0.25, 0.3) is 0 Å². The fourth-order valence-electron chi connectivity index (χ4n) is 1.91. The summed E-state index contributed by atoms with van der Waals surface area (Å²) in [5, 5.41) is 2.75. The van der Waals surface area contributed by atoms with E-state index in [1.165, 1.54) is 6.07 Å². The smallest absolute Gasteiger partial charge is 0.318 e. The van der Waals surface area contributed by atoms with Gasteiger partial charge in [0.15, 0.2) is 11.6 Å². The van der Waals surface area contributed by atoms with Gasteiger partial charge in [-0.25, -0.2) is 13.6 Å². The fourth-order valence-corrected chi connectivity index (χ4v) is 1.91. The second-order valence-corrected chi connectivity index (χ2v) is 4.44. The minimum absolute atomic E-state index is 0.222. The number of nitrogens with zero attached hydrogens (tertiary/aromatic N) is 1. The predicted octanol–water partition coefficient (Wildman–Crippen LogP) is 2.07. The van der Waals surface area contributed by atoms with E-state index in [0.717, 1.165) is 12.1 Å². The zero-order valence-electron chi connectivity index (χ0n) is 10.7. The summed E-state index contributed by atoms with van der Waals surface area (Å²) in [5.41, 5.74) is 0.528. The van der Waals surface area contributed by atoms with Crippen LogP contribution in [-0.2, 0) is 4.74 Å². The molecule has 19 heavy (non-hydrogen) atoms. The summed E-state index contributed by atoms with van der Waals surface area (Å²) in [6, 6.07) is 3.01. The second kappa shape index (κ2) is 5.97. The number of nitrogens with one attached hydrogen (secondary N) is 1. The summed E-state index contributed by atoms with van der Waals surface area (Å²) in [7, 11) is 0. The van der Waals surface area contributed by atoms with E-state index in [2.05, 4.69) is 5.32 Å². The topological polar surface area (TPSA) is 41.6 Å². The number of carbonyl (C=O) groups excluding carboxylic acids is 1. The Balaban J connectivity index is 1.97. The molecule has 1 aromatic rings. The van der Waals surface area contributed by atoms with Gasteiger partial charge in [0.2, 0.25) is 0 Å². The van der Waals surface area contributed by atoms with Crippen molar-refractivity contribution in [2.45, 2.75) is 13.0 Å². The maximum Gasteiger partial charge on any atom is 0.318 e. The first-order valence-corrected chi connectivity index (χ1v) is 6.16. The van der Waals surface area contributed by atoms with Gasteiger partial charge in [0.05, 0.1) is 19.3 Å². The van der Waals surface area contributed by atoms with Crippen LogP contribution in [0.4, 0.5) is 13.6 Å². The van der Waals surface area contributed by atoms with Gasteiger partial charge in [0.1, 0.15) is 0 Å². The van der Waals surface area contributed by atoms with Crippen LogP contribution in [0.15, 0.2) is 18.2 Å². The van der Waals surface area contributed by atoms with Gasteiger partial charge < -0.3 is 15.0 Å². The van der Waals surface area contributed by atoms with Crippen LogP contribution in [0.3, 0.4) is 0 Å². The molecule has 2 amide bonds. The lowest BCUT2D eigenvalue weighted by Gasteiger charge is -2.28. The van der Waals surface area contributed by atoms with Gasteiger partial charge in [-0.1, -0.05) is 6.07 Å². The van der Waals surface area contributed by atoms with E-state index >= 15 is 0 Å². The molecule has 104 valence electrons. The Kier molecular flexibility index (Phi) is 4.31. The van der Waals surface area contributed by atoms with Gasteiger partial charge in [-0.3, -0.25) is 0 Å². The van der Waals surface area contributed by atoms with E-state index in [4.69, 9.17) is 4.74 Å². The molecule has 2 rings (SSSR count). The monoisotopic (exact) mass is 270 g/mol. The Morgan fingerprint density at radius 3 is 2.63 bits per heavy atom. The highest BCUT2D eigenvalue weighted by molar-refractivity contribution is 5.74. The Morgan fingerprint density at radius 1 is 1.32 bits per heavy atom. The molecule has 0 radical (unpaired) electrons. The SMILES string of the molecule is CC(NC(=O)N1CCOCC1)c1ccc(F)c(F)c1. The first-order chi connectivity index (χ1) is 9.08. The number of rotatable bonds is 2. The average Bonchev–Trinajstić information content (AvgIpc) is 2.42. The molecule has 0 aromatic heterocycles. The standard InChI is InChI=1S/C13H16F2N2O2/c1-9(10-2-3-11(14)12(15)8-10)16-13(18)17-4-6-19-7-5-17/h2-3,8-9H,4-7H2,1H3,(H,16,18).